The second-order valence-electron chi connectivity index (χ2n) is 11.5. The topological polar surface area (TPSA) is 124 Å². The Hall–Kier alpha value is -3.83. The molecule has 6 rings (SSSR count). The van der Waals surface area contributed by atoms with Gasteiger partial charge in [-0.05, 0) is 68.7 Å². The molecule has 2 aliphatic rings. The van der Waals surface area contributed by atoms with E-state index in [1.807, 2.05) is 6.92 Å². The summed E-state index contributed by atoms with van der Waals surface area (Å²) in [5, 5.41) is 16.7. The van der Waals surface area contributed by atoms with Gasteiger partial charge in [-0.1, -0.05) is 35.3 Å². The van der Waals surface area contributed by atoms with Crippen LogP contribution in [0.5, 0.6) is 0 Å². The Morgan fingerprint density at radius 3 is 2.41 bits per heavy atom. The van der Waals surface area contributed by atoms with Crippen molar-refractivity contribution in [3.63, 3.8) is 0 Å². The van der Waals surface area contributed by atoms with Gasteiger partial charge in [-0.25, -0.2) is 4.39 Å². The normalized spacial score (nSPS) is 20.0. The number of fused-ring (bicyclic) bond motifs is 1. The Balaban J connectivity index is 1.56. The first kappa shape index (κ1) is 30.2. The Bertz CT molecular complexity index is 1760. The fourth-order valence-electron chi connectivity index (χ4n) is 5.69. The second-order valence-corrected chi connectivity index (χ2v) is 12.4. The van der Waals surface area contributed by atoms with Crippen molar-refractivity contribution < 1.29 is 23.8 Å². The van der Waals surface area contributed by atoms with Crippen LogP contribution in [0.1, 0.15) is 65.0 Å². The number of hydrogen-bond donors (Lipinski definition) is 2. The molecule has 2 aromatic heterocycles. The van der Waals surface area contributed by atoms with Gasteiger partial charge in [0.25, 0.3) is 5.91 Å². The first-order chi connectivity index (χ1) is 20.9. The second kappa shape index (κ2) is 11.0. The molecule has 1 unspecified atom stereocenters. The van der Waals surface area contributed by atoms with E-state index >= 15 is 4.39 Å². The van der Waals surface area contributed by atoms with E-state index in [0.717, 1.165) is 0 Å². The van der Waals surface area contributed by atoms with Crippen molar-refractivity contribution in [2.45, 2.75) is 51.1 Å². The molecule has 4 aromatic rings. The quantitative estimate of drug-likeness (QED) is 0.248. The van der Waals surface area contributed by atoms with Crippen molar-refractivity contribution in [2.75, 3.05) is 6.61 Å². The van der Waals surface area contributed by atoms with Gasteiger partial charge in [-0.15, -0.1) is 0 Å². The maximum Gasteiger partial charge on any atom is 0.257 e. The molecule has 0 saturated heterocycles. The summed E-state index contributed by atoms with van der Waals surface area (Å²) in [7, 11) is 0. The Labute approximate surface area is 263 Å². The molecule has 228 valence electrons. The largest absolute Gasteiger partial charge is 0.381 e. The molecular formula is C32H30Cl2FN5O4. The van der Waals surface area contributed by atoms with Crippen LogP contribution in [-0.4, -0.2) is 43.2 Å². The summed E-state index contributed by atoms with van der Waals surface area (Å²) in [5.41, 5.74) is 2.70. The lowest BCUT2D eigenvalue weighted by atomic mass is 9.85. The van der Waals surface area contributed by atoms with Crippen LogP contribution in [0.4, 0.5) is 4.39 Å². The van der Waals surface area contributed by atoms with E-state index in [1.54, 1.807) is 47.3 Å². The predicted molar refractivity (Wildman–Crippen MR) is 161 cm³/mol. The number of aromatic nitrogens is 3. The molecule has 12 heteroatoms. The first-order valence-corrected chi connectivity index (χ1v) is 14.9. The highest BCUT2D eigenvalue weighted by Gasteiger charge is 2.58. The third kappa shape index (κ3) is 4.95. The first-order valence-electron chi connectivity index (χ1n) is 14.1. The highest BCUT2D eigenvalue weighted by molar-refractivity contribution is 6.30. The SMILES string of the molecule is CCn1cc(C(C)(O)c2cc(F)c3c(c2)C(=O)N(Cc2ccc(Cl)cn2)[C@@]3(OCC2(C(N)=O)CC2)c2ccc(Cl)cc2)cn1. The van der Waals surface area contributed by atoms with Crippen molar-refractivity contribution in [3.8, 4) is 0 Å². The summed E-state index contributed by atoms with van der Waals surface area (Å²) < 4.78 is 25.0. The molecule has 3 heterocycles. The van der Waals surface area contributed by atoms with Gasteiger partial charge < -0.3 is 15.6 Å². The third-order valence-corrected chi connectivity index (χ3v) is 9.12. The smallest absolute Gasteiger partial charge is 0.257 e. The van der Waals surface area contributed by atoms with Crippen LogP contribution in [0.15, 0.2) is 67.1 Å². The number of benzene rings is 2. The zero-order valence-electron chi connectivity index (χ0n) is 24.1. The fourth-order valence-corrected chi connectivity index (χ4v) is 5.93. The fraction of sp³-hybridized carbons (Fsp3) is 0.312. The van der Waals surface area contributed by atoms with E-state index in [0.29, 0.717) is 46.3 Å². The number of nitrogens with zero attached hydrogens (tertiary/aromatic N) is 4. The summed E-state index contributed by atoms with van der Waals surface area (Å²) in [6.45, 7) is 3.76. The van der Waals surface area contributed by atoms with E-state index in [4.69, 9.17) is 33.7 Å². The zero-order valence-corrected chi connectivity index (χ0v) is 25.6. The molecule has 0 bridgehead atoms. The van der Waals surface area contributed by atoms with Gasteiger partial charge in [0.05, 0.1) is 46.6 Å². The lowest BCUT2D eigenvalue weighted by Gasteiger charge is -2.40. The van der Waals surface area contributed by atoms with Gasteiger partial charge in [0.2, 0.25) is 5.91 Å². The van der Waals surface area contributed by atoms with Crippen LogP contribution in [0.2, 0.25) is 10.0 Å². The number of carbonyl (C=O) groups excluding carboxylic acids is 2. The Kier molecular flexibility index (Phi) is 7.52. The number of primary amides is 1. The van der Waals surface area contributed by atoms with E-state index in [9.17, 15) is 14.7 Å². The molecule has 0 spiro atoms. The van der Waals surface area contributed by atoms with Gasteiger partial charge in [-0.2, -0.15) is 5.10 Å². The molecule has 1 aliphatic heterocycles. The molecule has 0 radical (unpaired) electrons. The van der Waals surface area contributed by atoms with Gasteiger partial charge in [0.1, 0.15) is 11.4 Å². The number of amides is 2. The summed E-state index contributed by atoms with van der Waals surface area (Å²) in [5.74, 6) is -1.87. The minimum atomic E-state index is -1.83. The van der Waals surface area contributed by atoms with Crippen LogP contribution >= 0.6 is 23.2 Å². The van der Waals surface area contributed by atoms with Crippen molar-refractivity contribution >= 4 is 35.0 Å². The number of hydrogen-bond acceptors (Lipinski definition) is 6. The van der Waals surface area contributed by atoms with E-state index in [-0.39, 0.29) is 29.8 Å². The summed E-state index contributed by atoms with van der Waals surface area (Å²) in [4.78, 5) is 32.6. The average Bonchev–Trinajstić information content (AvgIpc) is 3.57. The standard InChI is InChI=1S/C32H30Cl2FN5O4/c1-3-39-16-21(14-38-39)30(2,43)20-12-25-27(26(35)13-20)32(19-4-6-22(33)7-5-19,44-18-31(10-11-31)29(36)42)40(28(25)41)17-24-9-8-23(34)15-37-24/h4-9,12-16,43H,3,10-11,17-18H2,1-2H3,(H2,36,42)/t30?,32-/m1/s1. The number of nitrogens with two attached hydrogens (primary N) is 1. The molecule has 1 fully saturated rings. The lowest BCUT2D eigenvalue weighted by Crippen LogP contribution is -2.48. The van der Waals surface area contributed by atoms with Gasteiger partial charge >= 0.3 is 0 Å². The van der Waals surface area contributed by atoms with Crippen LogP contribution < -0.4 is 5.73 Å². The number of carbonyl (C=O) groups is 2. The number of aryl methyl sites for hydroxylation is 1. The highest BCUT2D eigenvalue weighted by atomic mass is 35.5. The van der Waals surface area contributed by atoms with Crippen molar-refractivity contribution in [1.29, 1.82) is 0 Å². The molecule has 2 aromatic carbocycles. The van der Waals surface area contributed by atoms with Gasteiger partial charge in [0.15, 0.2) is 5.72 Å². The van der Waals surface area contributed by atoms with E-state index in [2.05, 4.69) is 10.1 Å². The van der Waals surface area contributed by atoms with Crippen LogP contribution in [0, 0.1) is 11.2 Å². The lowest BCUT2D eigenvalue weighted by molar-refractivity contribution is -0.142. The van der Waals surface area contributed by atoms with Crippen LogP contribution in [0.3, 0.4) is 0 Å². The third-order valence-electron chi connectivity index (χ3n) is 8.64. The number of rotatable bonds is 10. The number of ether oxygens (including phenoxy) is 1. The van der Waals surface area contributed by atoms with Crippen molar-refractivity contribution in [1.82, 2.24) is 19.7 Å². The van der Waals surface area contributed by atoms with Crippen LogP contribution in [0.25, 0.3) is 0 Å². The van der Waals surface area contributed by atoms with E-state index < -0.39 is 34.4 Å². The van der Waals surface area contributed by atoms with Gasteiger partial charge in [-0.3, -0.25) is 24.2 Å². The average molecular weight is 639 g/mol. The molecule has 9 nitrogen and oxygen atoms in total. The van der Waals surface area contributed by atoms with Crippen molar-refractivity contribution in [3.05, 3.63) is 116 Å². The monoisotopic (exact) mass is 637 g/mol. The van der Waals surface area contributed by atoms with E-state index in [1.165, 1.54) is 36.4 Å². The van der Waals surface area contributed by atoms with Crippen LogP contribution in [-0.2, 0) is 33.9 Å². The summed E-state index contributed by atoms with van der Waals surface area (Å²) >= 11 is 12.3. The molecule has 3 N–H and O–H groups in total. The van der Waals surface area contributed by atoms with Crippen molar-refractivity contribution in [2.24, 2.45) is 11.1 Å². The summed E-state index contributed by atoms with van der Waals surface area (Å²) in [6, 6.07) is 12.5. The van der Waals surface area contributed by atoms with Gasteiger partial charge in [0, 0.05) is 35.1 Å². The molecule has 1 aliphatic carbocycles. The summed E-state index contributed by atoms with van der Waals surface area (Å²) in [6.07, 6.45) is 5.65. The Morgan fingerprint density at radius 2 is 1.82 bits per heavy atom. The predicted octanol–water partition coefficient (Wildman–Crippen LogP) is 5.14. The minimum absolute atomic E-state index is 0.00371. The molecule has 44 heavy (non-hydrogen) atoms. The Morgan fingerprint density at radius 1 is 1.11 bits per heavy atom. The number of halogens is 3. The zero-order chi connectivity index (χ0) is 31.4. The molecule has 2 amide bonds. The number of pyridine rings is 1. The minimum Gasteiger partial charge on any atom is -0.381 e. The molecular weight excluding hydrogens is 608 g/mol. The maximum absolute atomic E-state index is 16.7. The number of aliphatic hydroxyl groups is 1. The highest BCUT2D eigenvalue weighted by Crippen LogP contribution is 2.52. The molecule has 1 saturated carbocycles. The molecule has 2 atom stereocenters. The maximum atomic E-state index is 16.7.